The maximum Gasteiger partial charge on any atom is 0.268 e. The topological polar surface area (TPSA) is 131 Å². The number of aromatic nitrogens is 2. The molecule has 1 N–H and O–H groups in total. The van der Waals surface area contributed by atoms with Gasteiger partial charge in [-0.15, -0.1) is 10.2 Å². The van der Waals surface area contributed by atoms with Gasteiger partial charge in [-0.3, -0.25) is 10.1 Å². The van der Waals surface area contributed by atoms with Crippen molar-refractivity contribution in [2.45, 2.75) is 17.7 Å². The third-order valence-corrected chi connectivity index (χ3v) is 7.39. The fraction of sp³-hybridized carbons (Fsp3) is 0.217. The number of carbonyl (C=O) groups excluding carboxylic acids is 1. The highest BCUT2D eigenvalue weighted by atomic mass is 35.5. The summed E-state index contributed by atoms with van der Waals surface area (Å²) in [5.74, 6) is 0.664. The predicted molar refractivity (Wildman–Crippen MR) is 133 cm³/mol. The van der Waals surface area contributed by atoms with Gasteiger partial charge in [-0.25, -0.2) is 8.42 Å². The lowest BCUT2D eigenvalue weighted by Crippen LogP contribution is -2.13. The Bertz CT molecular complexity index is 1380. The molecule has 182 valence electrons. The molecule has 0 aliphatic rings. The van der Waals surface area contributed by atoms with Crippen molar-refractivity contribution in [3.8, 4) is 17.6 Å². The summed E-state index contributed by atoms with van der Waals surface area (Å²) < 4.78 is 34.1. The number of hydrogen-bond acceptors (Lipinski definition) is 9. The van der Waals surface area contributed by atoms with Crippen LogP contribution in [0.4, 0.5) is 5.13 Å². The van der Waals surface area contributed by atoms with Gasteiger partial charge in [-0.05, 0) is 54.5 Å². The molecule has 0 atom stereocenters. The number of halogens is 1. The molecule has 0 spiro atoms. The number of amides is 1. The summed E-state index contributed by atoms with van der Waals surface area (Å²) in [5.41, 5.74) is 1.39. The molecule has 0 saturated carbocycles. The van der Waals surface area contributed by atoms with Crippen LogP contribution in [-0.2, 0) is 14.6 Å². The Labute approximate surface area is 211 Å². The maximum atomic E-state index is 12.4. The lowest BCUT2D eigenvalue weighted by Gasteiger charge is -2.09. The zero-order valence-corrected chi connectivity index (χ0v) is 21.2. The average molecular weight is 533 g/mol. The van der Waals surface area contributed by atoms with Gasteiger partial charge in [-0.2, -0.15) is 5.26 Å². The molecule has 2 aromatic carbocycles. The van der Waals surface area contributed by atoms with E-state index < -0.39 is 15.7 Å². The molecule has 3 rings (SSSR count). The Hall–Kier alpha value is -3.46. The van der Waals surface area contributed by atoms with Gasteiger partial charge in [0.2, 0.25) is 19.3 Å². The number of aryl methyl sites for hydroxylation is 1. The number of nitrogens with zero attached hydrogens (tertiary/aromatic N) is 3. The van der Waals surface area contributed by atoms with Gasteiger partial charge < -0.3 is 9.47 Å². The minimum absolute atomic E-state index is 0.0181. The molecule has 12 heteroatoms. The molecule has 0 fully saturated rings. The number of nitrogens with one attached hydrogen (secondary N) is 1. The fourth-order valence-electron chi connectivity index (χ4n) is 2.70. The number of anilines is 1. The van der Waals surface area contributed by atoms with Crippen LogP contribution in [0.2, 0.25) is 5.02 Å². The maximum absolute atomic E-state index is 12.4. The van der Waals surface area contributed by atoms with Crippen LogP contribution in [0.25, 0.3) is 6.08 Å². The summed E-state index contributed by atoms with van der Waals surface area (Å²) in [4.78, 5) is 12.4. The zero-order chi connectivity index (χ0) is 25.4. The van der Waals surface area contributed by atoms with E-state index in [9.17, 15) is 18.5 Å². The van der Waals surface area contributed by atoms with Crippen molar-refractivity contribution in [2.24, 2.45) is 0 Å². The van der Waals surface area contributed by atoms with Crippen molar-refractivity contribution in [1.29, 1.82) is 5.26 Å². The van der Waals surface area contributed by atoms with Crippen LogP contribution >= 0.6 is 22.9 Å². The monoisotopic (exact) mass is 532 g/mol. The van der Waals surface area contributed by atoms with E-state index in [-0.39, 0.29) is 15.0 Å². The second-order valence-corrected chi connectivity index (χ2v) is 10.9. The van der Waals surface area contributed by atoms with Crippen LogP contribution in [-0.4, -0.2) is 44.0 Å². The Morgan fingerprint density at radius 2 is 1.80 bits per heavy atom. The smallest absolute Gasteiger partial charge is 0.268 e. The minimum atomic E-state index is -3.53. The lowest BCUT2D eigenvalue weighted by atomic mass is 10.1. The molecule has 0 unspecified atom stereocenters. The first-order valence-electron chi connectivity index (χ1n) is 10.2. The highest BCUT2D eigenvalue weighted by Gasteiger charge is 2.17. The van der Waals surface area contributed by atoms with E-state index in [1.165, 1.54) is 6.08 Å². The van der Waals surface area contributed by atoms with E-state index in [2.05, 4.69) is 15.5 Å². The highest BCUT2D eigenvalue weighted by molar-refractivity contribution is 7.92. The molecular formula is C23H21ClN4O5S2. The fourth-order valence-corrected chi connectivity index (χ4v) is 4.32. The minimum Gasteiger partial charge on any atom is -0.493 e. The molecule has 0 saturated heterocycles. The number of nitriles is 1. The number of hydrogen-bond donors (Lipinski definition) is 1. The van der Waals surface area contributed by atoms with Crippen LogP contribution in [0.5, 0.6) is 11.5 Å². The van der Waals surface area contributed by atoms with Crippen molar-refractivity contribution >= 4 is 49.9 Å². The summed E-state index contributed by atoms with van der Waals surface area (Å²) >= 11 is 6.71. The van der Waals surface area contributed by atoms with E-state index in [0.29, 0.717) is 47.3 Å². The SMILES string of the molecule is Cc1cc(OCCCOc2ccc(/C=C(/C#N)C(=O)Nc3nnc(S(C)(=O)=O)s3)cc2)ccc1Cl. The van der Waals surface area contributed by atoms with E-state index in [1.807, 2.05) is 25.1 Å². The van der Waals surface area contributed by atoms with Crippen molar-refractivity contribution in [3.63, 3.8) is 0 Å². The Kier molecular flexibility index (Phi) is 8.81. The second kappa shape index (κ2) is 11.8. The van der Waals surface area contributed by atoms with E-state index in [4.69, 9.17) is 21.1 Å². The standard InChI is InChI=1S/C23H21ClN4O5S2/c1-15-12-19(8-9-20(15)24)33-11-3-10-32-18-6-4-16(5-7-18)13-17(14-25)21(29)26-22-27-28-23(34-22)35(2,30)31/h4-9,12-13H,3,10-11H2,1-2H3,(H,26,27,29)/b17-13-. The summed E-state index contributed by atoms with van der Waals surface area (Å²) in [6, 6.07) is 14.2. The highest BCUT2D eigenvalue weighted by Crippen LogP contribution is 2.22. The van der Waals surface area contributed by atoms with Gasteiger partial charge in [0.1, 0.15) is 23.1 Å². The number of benzene rings is 2. The van der Waals surface area contributed by atoms with Gasteiger partial charge in [0.05, 0.1) is 13.2 Å². The number of rotatable bonds is 10. The number of ether oxygens (including phenoxy) is 2. The number of sulfone groups is 1. The van der Waals surface area contributed by atoms with Gasteiger partial charge in [0.25, 0.3) is 5.91 Å². The molecule has 1 aromatic heterocycles. The van der Waals surface area contributed by atoms with Crippen molar-refractivity contribution in [3.05, 3.63) is 64.2 Å². The van der Waals surface area contributed by atoms with Gasteiger partial charge in [0.15, 0.2) is 0 Å². The lowest BCUT2D eigenvalue weighted by molar-refractivity contribution is -0.112. The first kappa shape index (κ1) is 26.2. The molecule has 35 heavy (non-hydrogen) atoms. The third kappa shape index (κ3) is 7.78. The Morgan fingerprint density at radius 1 is 1.14 bits per heavy atom. The average Bonchev–Trinajstić information content (AvgIpc) is 3.29. The first-order chi connectivity index (χ1) is 16.7. The van der Waals surface area contributed by atoms with Crippen LogP contribution < -0.4 is 14.8 Å². The molecule has 0 aliphatic carbocycles. The van der Waals surface area contributed by atoms with Crippen molar-refractivity contribution < 1.29 is 22.7 Å². The summed E-state index contributed by atoms with van der Waals surface area (Å²) in [7, 11) is -3.53. The van der Waals surface area contributed by atoms with Gasteiger partial charge in [-0.1, -0.05) is 35.1 Å². The summed E-state index contributed by atoms with van der Waals surface area (Å²) in [5, 5.41) is 19.5. The summed E-state index contributed by atoms with van der Waals surface area (Å²) in [6.07, 6.45) is 3.07. The molecular weight excluding hydrogens is 512 g/mol. The Morgan fingerprint density at radius 3 is 2.40 bits per heavy atom. The Balaban J connectivity index is 1.49. The molecule has 1 heterocycles. The largest absolute Gasteiger partial charge is 0.493 e. The van der Waals surface area contributed by atoms with E-state index in [1.54, 1.807) is 30.3 Å². The predicted octanol–water partition coefficient (Wildman–Crippen LogP) is 4.30. The molecule has 0 aliphatic heterocycles. The van der Waals surface area contributed by atoms with Crippen LogP contribution in [0, 0.1) is 18.3 Å². The second-order valence-electron chi connectivity index (χ2n) is 7.30. The molecule has 0 bridgehead atoms. The van der Waals surface area contributed by atoms with Crippen molar-refractivity contribution in [2.75, 3.05) is 24.8 Å². The van der Waals surface area contributed by atoms with Crippen molar-refractivity contribution in [1.82, 2.24) is 10.2 Å². The molecule has 1 amide bonds. The van der Waals surface area contributed by atoms with Gasteiger partial charge >= 0.3 is 0 Å². The van der Waals surface area contributed by atoms with Gasteiger partial charge in [0, 0.05) is 17.7 Å². The molecule has 3 aromatic rings. The normalized spacial score (nSPS) is 11.5. The third-order valence-electron chi connectivity index (χ3n) is 4.46. The molecule has 9 nitrogen and oxygen atoms in total. The van der Waals surface area contributed by atoms with Crippen LogP contribution in [0.1, 0.15) is 17.5 Å². The quantitative estimate of drug-likeness (QED) is 0.177. The van der Waals surface area contributed by atoms with Crippen LogP contribution in [0.3, 0.4) is 0 Å². The number of carbonyl (C=O) groups is 1. The van der Waals surface area contributed by atoms with E-state index in [0.717, 1.165) is 17.6 Å². The van der Waals surface area contributed by atoms with E-state index >= 15 is 0 Å². The zero-order valence-electron chi connectivity index (χ0n) is 18.8. The first-order valence-corrected chi connectivity index (χ1v) is 13.3. The van der Waals surface area contributed by atoms with Crippen LogP contribution in [0.15, 0.2) is 52.4 Å². The summed E-state index contributed by atoms with van der Waals surface area (Å²) in [6.45, 7) is 2.85. The molecule has 0 radical (unpaired) electrons.